The van der Waals surface area contributed by atoms with Crippen molar-refractivity contribution in [2.45, 2.75) is 52.2 Å². The summed E-state index contributed by atoms with van der Waals surface area (Å²) in [5, 5.41) is 0. The number of piperazine rings is 1. The molecule has 1 aliphatic rings. The Hall–Kier alpha value is -0.0800. The molecular formula is C11H24N2. The summed E-state index contributed by atoms with van der Waals surface area (Å²) in [6, 6.07) is 1.37. The van der Waals surface area contributed by atoms with E-state index in [1.54, 1.807) is 0 Å². The third-order valence-electron chi connectivity index (χ3n) is 3.16. The first kappa shape index (κ1) is 11.0. The van der Waals surface area contributed by atoms with Crippen molar-refractivity contribution in [3.63, 3.8) is 0 Å². The monoisotopic (exact) mass is 184 g/mol. The summed E-state index contributed by atoms with van der Waals surface area (Å²) in [6.07, 6.45) is 0. The standard InChI is InChI=1S/C11H24N2/c1-9-8-13(11(3,4)5)10(2)7-12(9)6/h9-10H,7-8H2,1-6H3/t9-,10+/m0/s1. The highest BCUT2D eigenvalue weighted by atomic mass is 15.3. The van der Waals surface area contributed by atoms with Gasteiger partial charge in [0.2, 0.25) is 0 Å². The van der Waals surface area contributed by atoms with E-state index in [-0.39, 0.29) is 0 Å². The van der Waals surface area contributed by atoms with Crippen LogP contribution in [-0.4, -0.2) is 47.6 Å². The van der Waals surface area contributed by atoms with Crippen LogP contribution in [0, 0.1) is 0 Å². The Labute approximate surface area is 82.9 Å². The summed E-state index contributed by atoms with van der Waals surface area (Å²) in [7, 11) is 2.22. The van der Waals surface area contributed by atoms with Crippen molar-refractivity contribution in [3.8, 4) is 0 Å². The van der Waals surface area contributed by atoms with Crippen LogP contribution in [0.2, 0.25) is 0 Å². The van der Waals surface area contributed by atoms with Gasteiger partial charge in [0.25, 0.3) is 0 Å². The molecular weight excluding hydrogens is 160 g/mol. The topological polar surface area (TPSA) is 6.48 Å². The van der Waals surface area contributed by atoms with E-state index in [1.807, 2.05) is 0 Å². The largest absolute Gasteiger partial charge is 0.301 e. The maximum atomic E-state index is 2.61. The molecule has 1 rings (SSSR count). The number of nitrogens with zero attached hydrogens (tertiary/aromatic N) is 2. The smallest absolute Gasteiger partial charge is 0.0200 e. The predicted octanol–water partition coefficient (Wildman–Crippen LogP) is 1.81. The minimum atomic E-state index is 0.314. The van der Waals surface area contributed by atoms with Gasteiger partial charge in [-0.15, -0.1) is 0 Å². The third kappa shape index (κ3) is 2.44. The van der Waals surface area contributed by atoms with Crippen molar-refractivity contribution in [1.29, 1.82) is 0 Å². The lowest BCUT2D eigenvalue weighted by atomic mass is 9.99. The van der Waals surface area contributed by atoms with Gasteiger partial charge in [0.15, 0.2) is 0 Å². The van der Waals surface area contributed by atoms with Crippen molar-refractivity contribution in [1.82, 2.24) is 9.80 Å². The van der Waals surface area contributed by atoms with Crippen LogP contribution < -0.4 is 0 Å². The minimum Gasteiger partial charge on any atom is -0.301 e. The predicted molar refractivity (Wildman–Crippen MR) is 58.0 cm³/mol. The Kier molecular flexibility index (Phi) is 3.03. The van der Waals surface area contributed by atoms with E-state index in [0.29, 0.717) is 17.6 Å². The lowest BCUT2D eigenvalue weighted by Crippen LogP contribution is -2.60. The minimum absolute atomic E-state index is 0.314. The van der Waals surface area contributed by atoms with Gasteiger partial charge in [0, 0.05) is 30.7 Å². The zero-order valence-corrected chi connectivity index (χ0v) is 9.96. The molecule has 2 heteroatoms. The van der Waals surface area contributed by atoms with Crippen molar-refractivity contribution in [2.24, 2.45) is 0 Å². The maximum Gasteiger partial charge on any atom is 0.0200 e. The molecule has 0 aromatic heterocycles. The first-order valence-electron chi connectivity index (χ1n) is 5.29. The zero-order chi connectivity index (χ0) is 10.2. The number of hydrogen-bond donors (Lipinski definition) is 0. The second-order valence-corrected chi connectivity index (χ2v) is 5.46. The van der Waals surface area contributed by atoms with E-state index in [9.17, 15) is 0 Å². The Morgan fingerprint density at radius 3 is 2.00 bits per heavy atom. The summed E-state index contributed by atoms with van der Waals surface area (Å²) in [5.74, 6) is 0. The van der Waals surface area contributed by atoms with Gasteiger partial charge in [0.1, 0.15) is 0 Å². The molecule has 1 saturated heterocycles. The number of rotatable bonds is 0. The van der Waals surface area contributed by atoms with Gasteiger partial charge in [0.05, 0.1) is 0 Å². The Balaban J connectivity index is 2.67. The fourth-order valence-corrected chi connectivity index (χ4v) is 2.23. The Morgan fingerprint density at radius 2 is 1.54 bits per heavy atom. The van der Waals surface area contributed by atoms with Gasteiger partial charge in [-0.05, 0) is 41.7 Å². The molecule has 0 unspecified atom stereocenters. The van der Waals surface area contributed by atoms with Crippen LogP contribution >= 0.6 is 0 Å². The van der Waals surface area contributed by atoms with E-state index in [4.69, 9.17) is 0 Å². The Bertz CT molecular complexity index is 171. The molecule has 2 atom stereocenters. The van der Waals surface area contributed by atoms with Gasteiger partial charge in [-0.2, -0.15) is 0 Å². The molecule has 1 heterocycles. The molecule has 0 spiro atoms. The molecule has 2 nitrogen and oxygen atoms in total. The van der Waals surface area contributed by atoms with Gasteiger partial charge in [-0.3, -0.25) is 4.90 Å². The average Bonchev–Trinajstić information content (AvgIpc) is 1.94. The molecule has 0 N–H and O–H groups in total. The van der Waals surface area contributed by atoms with E-state index in [2.05, 4.69) is 51.5 Å². The van der Waals surface area contributed by atoms with Crippen LogP contribution in [0.4, 0.5) is 0 Å². The second-order valence-electron chi connectivity index (χ2n) is 5.46. The van der Waals surface area contributed by atoms with Crippen LogP contribution in [0.3, 0.4) is 0 Å². The number of hydrogen-bond acceptors (Lipinski definition) is 2. The van der Waals surface area contributed by atoms with Crippen LogP contribution in [-0.2, 0) is 0 Å². The molecule has 13 heavy (non-hydrogen) atoms. The Morgan fingerprint density at radius 1 is 1.00 bits per heavy atom. The normalized spacial score (nSPS) is 33.7. The van der Waals surface area contributed by atoms with Crippen molar-refractivity contribution in [3.05, 3.63) is 0 Å². The first-order valence-corrected chi connectivity index (χ1v) is 5.29. The molecule has 0 aromatic rings. The fraction of sp³-hybridized carbons (Fsp3) is 1.00. The molecule has 1 aliphatic heterocycles. The molecule has 78 valence electrons. The molecule has 0 saturated carbocycles. The van der Waals surface area contributed by atoms with E-state index in [0.717, 1.165) is 0 Å². The fourth-order valence-electron chi connectivity index (χ4n) is 2.23. The molecule has 0 aromatic carbocycles. The highest BCUT2D eigenvalue weighted by Crippen LogP contribution is 2.22. The zero-order valence-electron chi connectivity index (χ0n) is 9.96. The van der Waals surface area contributed by atoms with Crippen LogP contribution in [0.25, 0.3) is 0 Å². The summed E-state index contributed by atoms with van der Waals surface area (Å²) in [4.78, 5) is 5.06. The van der Waals surface area contributed by atoms with Gasteiger partial charge in [-0.25, -0.2) is 0 Å². The van der Waals surface area contributed by atoms with Gasteiger partial charge < -0.3 is 4.90 Å². The summed E-state index contributed by atoms with van der Waals surface area (Å²) in [5.41, 5.74) is 0.314. The van der Waals surface area contributed by atoms with Crippen molar-refractivity contribution < 1.29 is 0 Å². The lowest BCUT2D eigenvalue weighted by Gasteiger charge is -2.48. The van der Waals surface area contributed by atoms with E-state index < -0.39 is 0 Å². The molecule has 0 radical (unpaired) electrons. The van der Waals surface area contributed by atoms with Crippen LogP contribution in [0.1, 0.15) is 34.6 Å². The molecule has 0 bridgehead atoms. The van der Waals surface area contributed by atoms with Gasteiger partial charge in [-0.1, -0.05) is 0 Å². The summed E-state index contributed by atoms with van der Waals surface area (Å²) < 4.78 is 0. The SMILES string of the molecule is C[C@@H]1CN(C)[C@@H](C)CN1C(C)(C)C. The second kappa shape index (κ2) is 3.58. The highest BCUT2D eigenvalue weighted by Gasteiger charge is 2.33. The molecule has 0 amide bonds. The number of likely N-dealkylation sites (N-methyl/N-ethyl adjacent to an activating group) is 1. The van der Waals surface area contributed by atoms with Crippen LogP contribution in [0.15, 0.2) is 0 Å². The lowest BCUT2D eigenvalue weighted by molar-refractivity contribution is -0.000118. The molecule has 1 fully saturated rings. The van der Waals surface area contributed by atoms with Crippen molar-refractivity contribution in [2.75, 3.05) is 20.1 Å². The van der Waals surface area contributed by atoms with E-state index in [1.165, 1.54) is 13.1 Å². The van der Waals surface area contributed by atoms with Gasteiger partial charge >= 0.3 is 0 Å². The summed E-state index contributed by atoms with van der Waals surface area (Å²) >= 11 is 0. The third-order valence-corrected chi connectivity index (χ3v) is 3.16. The summed E-state index contributed by atoms with van der Waals surface area (Å²) in [6.45, 7) is 13.9. The van der Waals surface area contributed by atoms with Crippen molar-refractivity contribution >= 4 is 0 Å². The average molecular weight is 184 g/mol. The maximum absolute atomic E-state index is 2.61. The highest BCUT2D eigenvalue weighted by molar-refractivity contribution is 4.89. The molecule has 0 aliphatic carbocycles. The quantitative estimate of drug-likeness (QED) is 0.566. The first-order chi connectivity index (χ1) is 5.82. The van der Waals surface area contributed by atoms with E-state index >= 15 is 0 Å². The van der Waals surface area contributed by atoms with Crippen LogP contribution in [0.5, 0.6) is 0 Å².